The lowest BCUT2D eigenvalue weighted by atomic mass is 9.96. The second-order valence-corrected chi connectivity index (χ2v) is 5.57. The number of carbonyl (C=O) groups is 2. The lowest BCUT2D eigenvalue weighted by Gasteiger charge is -2.33. The molecule has 0 radical (unpaired) electrons. The van der Waals surface area contributed by atoms with Crippen LogP contribution in [0.25, 0.3) is 0 Å². The zero-order valence-corrected chi connectivity index (χ0v) is 12.2. The Hall–Kier alpha value is -0.970. The predicted molar refractivity (Wildman–Crippen MR) is 71.4 cm³/mol. The highest BCUT2D eigenvalue weighted by molar-refractivity contribution is 8.02. The third kappa shape index (κ3) is 2.88. The molecule has 102 valence electrons. The fourth-order valence-corrected chi connectivity index (χ4v) is 3.15. The van der Waals surface area contributed by atoms with Crippen LogP contribution in [0.15, 0.2) is 11.1 Å². The molecule has 0 fully saturated rings. The van der Waals surface area contributed by atoms with Gasteiger partial charge in [0.25, 0.3) is 0 Å². The molecule has 0 saturated carbocycles. The van der Waals surface area contributed by atoms with Crippen molar-refractivity contribution in [2.24, 2.45) is 0 Å². The molecule has 0 bridgehead atoms. The lowest BCUT2D eigenvalue weighted by molar-refractivity contribution is -0.158. The van der Waals surface area contributed by atoms with Crippen molar-refractivity contribution in [2.75, 3.05) is 19.0 Å². The van der Waals surface area contributed by atoms with Crippen molar-refractivity contribution in [2.45, 2.75) is 38.9 Å². The Bertz CT molecular complexity index is 355. The third-order valence-corrected chi connectivity index (χ3v) is 4.54. The first-order valence-corrected chi connectivity index (χ1v) is 7.10. The molecule has 0 N–H and O–H groups in total. The van der Waals surface area contributed by atoms with Gasteiger partial charge in [0, 0.05) is 12.2 Å². The summed E-state index contributed by atoms with van der Waals surface area (Å²) in [5.74, 6) is -0.315. The Balaban J connectivity index is 3.04. The molecule has 1 aliphatic heterocycles. The molecule has 0 aromatic rings. The van der Waals surface area contributed by atoms with Gasteiger partial charge in [0.15, 0.2) is 0 Å². The average Bonchev–Trinajstić information content (AvgIpc) is 2.33. The van der Waals surface area contributed by atoms with Crippen molar-refractivity contribution < 1.29 is 19.1 Å². The van der Waals surface area contributed by atoms with Crippen LogP contribution in [-0.4, -0.2) is 35.7 Å². The van der Waals surface area contributed by atoms with Crippen molar-refractivity contribution in [3.05, 3.63) is 11.1 Å². The number of hydrogen-bond donors (Lipinski definition) is 0. The van der Waals surface area contributed by atoms with E-state index in [1.165, 1.54) is 17.3 Å². The minimum atomic E-state index is -1.21. The normalized spacial score (nSPS) is 18.4. The molecule has 0 atom stereocenters. The van der Waals surface area contributed by atoms with Crippen LogP contribution in [0.3, 0.4) is 0 Å². The van der Waals surface area contributed by atoms with E-state index in [0.29, 0.717) is 12.2 Å². The van der Waals surface area contributed by atoms with Crippen LogP contribution in [0, 0.1) is 0 Å². The summed E-state index contributed by atoms with van der Waals surface area (Å²) in [6, 6.07) is 0. The van der Waals surface area contributed by atoms with Gasteiger partial charge in [-0.3, -0.25) is 0 Å². The van der Waals surface area contributed by atoms with Crippen molar-refractivity contribution in [3.8, 4) is 0 Å². The first kappa shape index (κ1) is 15.1. The molecule has 0 amide bonds. The van der Waals surface area contributed by atoms with E-state index < -0.39 is 16.7 Å². The molecule has 5 heteroatoms. The Morgan fingerprint density at radius 2 is 1.61 bits per heavy atom. The van der Waals surface area contributed by atoms with Gasteiger partial charge in [-0.2, -0.15) is 0 Å². The Morgan fingerprint density at radius 1 is 1.11 bits per heavy atom. The first-order chi connectivity index (χ1) is 8.47. The standard InChI is InChI=1S/C13H20O4S/c1-5-16-11(14)13(12(15)17-6-2)7-9(3)10(4)8-18-13/h5-8H2,1-4H3. The van der Waals surface area contributed by atoms with Gasteiger partial charge >= 0.3 is 11.9 Å². The summed E-state index contributed by atoms with van der Waals surface area (Å²) in [6.07, 6.45) is 0.376. The predicted octanol–water partition coefficient (Wildman–Crippen LogP) is 2.32. The summed E-state index contributed by atoms with van der Waals surface area (Å²) < 4.78 is 8.89. The minimum Gasteiger partial charge on any atom is -0.465 e. The fraction of sp³-hybridized carbons (Fsp3) is 0.692. The monoisotopic (exact) mass is 272 g/mol. The third-order valence-electron chi connectivity index (χ3n) is 2.99. The topological polar surface area (TPSA) is 52.6 Å². The zero-order chi connectivity index (χ0) is 13.8. The van der Waals surface area contributed by atoms with Crippen LogP contribution in [-0.2, 0) is 19.1 Å². The SMILES string of the molecule is CCOC(=O)C1(C(=O)OCC)CC(C)=C(C)CS1. The number of carbonyl (C=O) groups excluding carboxylic acids is 2. The van der Waals surface area contributed by atoms with E-state index in [9.17, 15) is 9.59 Å². The smallest absolute Gasteiger partial charge is 0.334 e. The molecule has 18 heavy (non-hydrogen) atoms. The maximum Gasteiger partial charge on any atom is 0.334 e. The summed E-state index contributed by atoms with van der Waals surface area (Å²) >= 11 is 1.31. The first-order valence-electron chi connectivity index (χ1n) is 6.11. The second-order valence-electron chi connectivity index (χ2n) is 4.29. The molecule has 1 rings (SSSR count). The van der Waals surface area contributed by atoms with Gasteiger partial charge in [0.1, 0.15) is 0 Å². The molecule has 1 aliphatic rings. The molecule has 4 nitrogen and oxygen atoms in total. The lowest BCUT2D eigenvalue weighted by Crippen LogP contribution is -2.48. The molecular weight excluding hydrogens is 252 g/mol. The van der Waals surface area contributed by atoms with Crippen LogP contribution in [0.4, 0.5) is 0 Å². The van der Waals surface area contributed by atoms with Crippen LogP contribution in [0.5, 0.6) is 0 Å². The largest absolute Gasteiger partial charge is 0.465 e. The summed E-state index contributed by atoms with van der Waals surface area (Å²) in [4.78, 5) is 24.2. The Labute approximate surface area is 112 Å². The van der Waals surface area contributed by atoms with E-state index in [2.05, 4.69) is 0 Å². The molecule has 0 saturated heterocycles. The van der Waals surface area contributed by atoms with Gasteiger partial charge in [-0.1, -0.05) is 11.1 Å². The Kier molecular flexibility index (Phi) is 5.26. The average molecular weight is 272 g/mol. The number of rotatable bonds is 4. The van der Waals surface area contributed by atoms with Gasteiger partial charge in [-0.25, -0.2) is 9.59 Å². The van der Waals surface area contributed by atoms with Crippen LogP contribution < -0.4 is 0 Å². The summed E-state index contributed by atoms with van der Waals surface area (Å²) in [7, 11) is 0. The van der Waals surface area contributed by atoms with Gasteiger partial charge in [0.05, 0.1) is 13.2 Å². The van der Waals surface area contributed by atoms with E-state index >= 15 is 0 Å². The van der Waals surface area contributed by atoms with Gasteiger partial charge in [-0.05, 0) is 27.7 Å². The molecule has 0 aromatic heterocycles. The maximum atomic E-state index is 12.1. The number of thioether (sulfide) groups is 1. The van der Waals surface area contributed by atoms with Crippen molar-refractivity contribution in [3.63, 3.8) is 0 Å². The van der Waals surface area contributed by atoms with Gasteiger partial charge < -0.3 is 9.47 Å². The highest BCUT2D eigenvalue weighted by Gasteiger charge is 2.51. The molecule has 0 aromatic carbocycles. The summed E-state index contributed by atoms with van der Waals surface area (Å²) in [5, 5.41) is 0. The van der Waals surface area contributed by atoms with E-state index in [1.54, 1.807) is 13.8 Å². The highest BCUT2D eigenvalue weighted by Crippen LogP contribution is 2.41. The molecule has 0 unspecified atom stereocenters. The number of esters is 2. The summed E-state index contributed by atoms with van der Waals surface area (Å²) in [6.45, 7) is 7.96. The van der Waals surface area contributed by atoms with E-state index in [0.717, 1.165) is 5.57 Å². The van der Waals surface area contributed by atoms with Gasteiger partial charge in [0.2, 0.25) is 4.75 Å². The Morgan fingerprint density at radius 3 is 2.00 bits per heavy atom. The van der Waals surface area contributed by atoms with E-state index in [1.807, 2.05) is 13.8 Å². The minimum absolute atomic E-state index is 0.266. The number of ether oxygens (including phenoxy) is 2. The molecule has 1 heterocycles. The van der Waals surface area contributed by atoms with Crippen molar-refractivity contribution in [1.29, 1.82) is 0 Å². The number of hydrogen-bond acceptors (Lipinski definition) is 5. The van der Waals surface area contributed by atoms with Crippen LogP contribution in [0.2, 0.25) is 0 Å². The fourth-order valence-electron chi connectivity index (χ4n) is 1.77. The van der Waals surface area contributed by atoms with E-state index in [4.69, 9.17) is 9.47 Å². The molecule has 0 spiro atoms. The van der Waals surface area contributed by atoms with Crippen LogP contribution in [0.1, 0.15) is 34.1 Å². The van der Waals surface area contributed by atoms with Gasteiger partial charge in [-0.15, -0.1) is 11.8 Å². The van der Waals surface area contributed by atoms with E-state index in [-0.39, 0.29) is 13.2 Å². The van der Waals surface area contributed by atoms with Crippen molar-refractivity contribution in [1.82, 2.24) is 0 Å². The highest BCUT2D eigenvalue weighted by atomic mass is 32.2. The number of allylic oxidation sites excluding steroid dienone is 1. The molecular formula is C13H20O4S. The summed E-state index contributed by atoms with van der Waals surface area (Å²) in [5.41, 5.74) is 2.28. The second kappa shape index (κ2) is 6.27. The quantitative estimate of drug-likeness (QED) is 0.446. The molecule has 0 aliphatic carbocycles. The van der Waals surface area contributed by atoms with Crippen molar-refractivity contribution >= 4 is 23.7 Å². The maximum absolute atomic E-state index is 12.1. The van der Waals surface area contributed by atoms with Crippen LogP contribution >= 0.6 is 11.8 Å². The zero-order valence-electron chi connectivity index (χ0n) is 11.4.